The molecular formula is C6H12N2O2S. The zero-order valence-corrected chi connectivity index (χ0v) is 7.32. The molecule has 0 radical (unpaired) electrons. The molecule has 1 amide bonds. The number of nitrogens with zero attached hydrogens (tertiary/aromatic N) is 1. The molecule has 0 spiro atoms. The maximum absolute atomic E-state index is 11.6. The third-order valence-corrected chi connectivity index (χ3v) is 3.61. The van der Waals surface area contributed by atoms with Crippen molar-refractivity contribution >= 4 is 15.6 Å². The van der Waals surface area contributed by atoms with Crippen LogP contribution in [0.5, 0.6) is 0 Å². The van der Waals surface area contributed by atoms with E-state index < -0.39 is 9.73 Å². The lowest BCUT2D eigenvalue weighted by atomic mass is 10.5. The average Bonchev–Trinajstić information content (AvgIpc) is 1.85. The fourth-order valence-corrected chi connectivity index (χ4v) is 2.87. The molecule has 0 bridgehead atoms. The summed E-state index contributed by atoms with van der Waals surface area (Å²) in [5.74, 6) is 0.588. The summed E-state index contributed by atoms with van der Waals surface area (Å²) >= 11 is 0. The Balaban J connectivity index is 2.80. The van der Waals surface area contributed by atoms with Crippen molar-refractivity contribution in [1.29, 1.82) is 0 Å². The maximum atomic E-state index is 11.6. The number of hydrogen-bond acceptors (Lipinski definition) is 3. The monoisotopic (exact) mass is 176 g/mol. The summed E-state index contributed by atoms with van der Waals surface area (Å²) in [6.07, 6.45) is 0.843. The summed E-state index contributed by atoms with van der Waals surface area (Å²) in [5, 5.41) is 2.96. The van der Waals surface area contributed by atoms with Gasteiger partial charge in [0.1, 0.15) is 0 Å². The summed E-state index contributed by atoms with van der Waals surface area (Å²) < 4.78 is 15.2. The molecule has 1 fully saturated rings. The number of hydrogen-bond donors (Lipinski definition) is 1. The Morgan fingerprint density at radius 2 is 2.36 bits per heavy atom. The third kappa shape index (κ3) is 2.59. The fraction of sp³-hybridized carbons (Fsp3) is 0.833. The second-order valence-electron chi connectivity index (χ2n) is 2.58. The number of rotatable bonds is 0. The van der Waals surface area contributed by atoms with Gasteiger partial charge in [-0.25, -0.2) is 4.21 Å². The third-order valence-electron chi connectivity index (χ3n) is 1.44. The van der Waals surface area contributed by atoms with Crippen LogP contribution in [-0.4, -0.2) is 28.3 Å². The highest BCUT2D eigenvalue weighted by atomic mass is 32.2. The first-order valence-electron chi connectivity index (χ1n) is 3.56. The van der Waals surface area contributed by atoms with Crippen molar-refractivity contribution in [1.82, 2.24) is 5.32 Å². The van der Waals surface area contributed by atoms with Crippen molar-refractivity contribution in [3.8, 4) is 0 Å². The quantitative estimate of drug-likeness (QED) is 0.563. The molecule has 1 heterocycles. The van der Waals surface area contributed by atoms with Crippen molar-refractivity contribution in [2.45, 2.75) is 13.3 Å². The van der Waals surface area contributed by atoms with E-state index in [1.165, 1.54) is 6.92 Å². The standard InChI is InChI=1S/C6H12N2O2S/c1-6(9)8-11(10)4-2-3-7-5-11/h7H,2-5H2,1H3. The van der Waals surface area contributed by atoms with Gasteiger partial charge in [-0.15, -0.1) is 0 Å². The molecule has 1 unspecified atom stereocenters. The Bertz CT molecular complexity index is 254. The fourth-order valence-electron chi connectivity index (χ4n) is 1.04. The molecule has 1 N–H and O–H groups in total. The number of carbonyl (C=O) groups excluding carboxylic acids is 1. The van der Waals surface area contributed by atoms with E-state index in [9.17, 15) is 9.00 Å². The van der Waals surface area contributed by atoms with Gasteiger partial charge >= 0.3 is 0 Å². The van der Waals surface area contributed by atoms with Crippen LogP contribution < -0.4 is 5.32 Å². The summed E-state index contributed by atoms with van der Waals surface area (Å²) in [6, 6.07) is 0. The van der Waals surface area contributed by atoms with Crippen molar-refractivity contribution in [3.05, 3.63) is 0 Å². The lowest BCUT2D eigenvalue weighted by Crippen LogP contribution is -2.33. The van der Waals surface area contributed by atoms with Crippen LogP contribution in [0.3, 0.4) is 0 Å². The van der Waals surface area contributed by atoms with Gasteiger partial charge in [-0.05, 0) is 13.0 Å². The van der Waals surface area contributed by atoms with E-state index >= 15 is 0 Å². The Hall–Kier alpha value is -0.420. The van der Waals surface area contributed by atoms with Crippen molar-refractivity contribution in [3.63, 3.8) is 0 Å². The molecule has 0 saturated carbocycles. The minimum absolute atomic E-state index is 0.335. The number of nitrogens with one attached hydrogen (secondary N) is 1. The Kier molecular flexibility index (Phi) is 2.62. The molecule has 1 saturated heterocycles. The van der Waals surface area contributed by atoms with Gasteiger partial charge in [0.2, 0.25) is 0 Å². The highest BCUT2D eigenvalue weighted by Gasteiger charge is 2.13. The minimum Gasteiger partial charge on any atom is -0.305 e. The van der Waals surface area contributed by atoms with Gasteiger partial charge < -0.3 is 5.32 Å². The van der Waals surface area contributed by atoms with Crippen molar-refractivity contribution in [2.24, 2.45) is 4.36 Å². The van der Waals surface area contributed by atoms with Crippen LogP contribution in [0.4, 0.5) is 0 Å². The van der Waals surface area contributed by atoms with Gasteiger partial charge in [-0.2, -0.15) is 4.36 Å². The Morgan fingerprint density at radius 3 is 2.82 bits per heavy atom. The highest BCUT2D eigenvalue weighted by Crippen LogP contribution is 2.02. The largest absolute Gasteiger partial charge is 0.305 e. The van der Waals surface area contributed by atoms with Crippen LogP contribution in [0.2, 0.25) is 0 Å². The van der Waals surface area contributed by atoms with Gasteiger partial charge in [0.15, 0.2) is 0 Å². The van der Waals surface area contributed by atoms with E-state index in [0.717, 1.165) is 13.0 Å². The predicted molar refractivity (Wildman–Crippen MR) is 43.6 cm³/mol. The predicted octanol–water partition coefficient (Wildman–Crippen LogP) is -0.0483. The van der Waals surface area contributed by atoms with E-state index in [1.807, 2.05) is 0 Å². The van der Waals surface area contributed by atoms with Crippen LogP contribution in [-0.2, 0) is 14.5 Å². The van der Waals surface area contributed by atoms with Gasteiger partial charge in [0, 0.05) is 12.7 Å². The van der Waals surface area contributed by atoms with Crippen LogP contribution in [0.1, 0.15) is 13.3 Å². The van der Waals surface area contributed by atoms with E-state index in [4.69, 9.17) is 0 Å². The van der Waals surface area contributed by atoms with Crippen LogP contribution in [0.15, 0.2) is 4.36 Å². The van der Waals surface area contributed by atoms with Gasteiger partial charge in [-0.1, -0.05) is 0 Å². The molecule has 1 rings (SSSR count). The first-order valence-corrected chi connectivity index (χ1v) is 5.41. The van der Waals surface area contributed by atoms with Crippen molar-refractivity contribution in [2.75, 3.05) is 18.2 Å². The molecule has 1 atom stereocenters. The molecule has 1 aliphatic heterocycles. The van der Waals surface area contributed by atoms with Gasteiger partial charge in [-0.3, -0.25) is 4.79 Å². The zero-order chi connectivity index (χ0) is 8.32. The maximum Gasteiger partial charge on any atom is 0.250 e. The Morgan fingerprint density at radius 1 is 1.64 bits per heavy atom. The van der Waals surface area contributed by atoms with Crippen LogP contribution >= 0.6 is 0 Å². The lowest BCUT2D eigenvalue weighted by molar-refractivity contribution is -0.115. The van der Waals surface area contributed by atoms with E-state index in [-0.39, 0.29) is 5.91 Å². The summed E-state index contributed by atoms with van der Waals surface area (Å²) in [6.45, 7) is 2.21. The molecule has 11 heavy (non-hydrogen) atoms. The molecule has 1 aliphatic rings. The molecule has 0 aromatic carbocycles. The Labute approximate surface area is 66.5 Å². The smallest absolute Gasteiger partial charge is 0.250 e. The average molecular weight is 176 g/mol. The van der Waals surface area contributed by atoms with E-state index in [2.05, 4.69) is 9.68 Å². The SMILES string of the molecule is CC(=O)N=S1(=O)CCCNC1. The second kappa shape index (κ2) is 3.32. The molecule has 0 aromatic rings. The summed E-state index contributed by atoms with van der Waals surface area (Å²) in [7, 11) is -2.23. The molecule has 4 nitrogen and oxygen atoms in total. The number of carbonyl (C=O) groups is 1. The minimum atomic E-state index is -2.23. The molecule has 5 heteroatoms. The first kappa shape index (κ1) is 8.67. The second-order valence-corrected chi connectivity index (χ2v) is 5.01. The van der Waals surface area contributed by atoms with E-state index in [1.54, 1.807) is 0 Å². The van der Waals surface area contributed by atoms with Crippen LogP contribution in [0.25, 0.3) is 0 Å². The lowest BCUT2D eigenvalue weighted by Gasteiger charge is -2.15. The van der Waals surface area contributed by atoms with Crippen molar-refractivity contribution < 1.29 is 9.00 Å². The summed E-state index contributed by atoms with van der Waals surface area (Å²) in [5.41, 5.74) is 0. The molecular weight excluding hydrogens is 164 g/mol. The number of amides is 1. The normalized spacial score (nSPS) is 31.4. The topological polar surface area (TPSA) is 58.5 Å². The van der Waals surface area contributed by atoms with Gasteiger partial charge in [0.25, 0.3) is 5.91 Å². The molecule has 64 valence electrons. The van der Waals surface area contributed by atoms with Crippen LogP contribution in [0, 0.1) is 0 Å². The highest BCUT2D eigenvalue weighted by molar-refractivity contribution is 7.93. The molecule has 0 aliphatic carbocycles. The summed E-state index contributed by atoms with van der Waals surface area (Å²) in [4.78, 5) is 10.5. The first-order chi connectivity index (χ1) is 5.12. The van der Waals surface area contributed by atoms with E-state index in [0.29, 0.717) is 11.6 Å². The van der Waals surface area contributed by atoms with Gasteiger partial charge in [0.05, 0.1) is 15.6 Å². The molecule has 0 aromatic heterocycles. The zero-order valence-electron chi connectivity index (χ0n) is 6.50.